The van der Waals surface area contributed by atoms with E-state index < -0.39 is 0 Å². The van der Waals surface area contributed by atoms with Gasteiger partial charge in [0.2, 0.25) is 0 Å². The Morgan fingerprint density at radius 3 is 2.88 bits per heavy atom. The molecule has 2 unspecified atom stereocenters. The van der Waals surface area contributed by atoms with Gasteiger partial charge in [0.15, 0.2) is 0 Å². The van der Waals surface area contributed by atoms with Crippen LogP contribution in [0.3, 0.4) is 0 Å². The van der Waals surface area contributed by atoms with Crippen LogP contribution in [0.4, 0.5) is 0 Å². The molecule has 1 saturated heterocycles. The third-order valence-corrected chi connectivity index (χ3v) is 4.39. The van der Waals surface area contributed by atoms with Gasteiger partial charge in [-0.15, -0.1) is 0 Å². The molecule has 0 aromatic heterocycles. The van der Waals surface area contributed by atoms with Crippen LogP contribution in [0, 0.1) is 12.8 Å². The molecule has 17 heavy (non-hydrogen) atoms. The van der Waals surface area contributed by atoms with E-state index in [1.165, 1.54) is 28.6 Å². The smallest absolute Gasteiger partial charge is 0.0245 e. The first-order valence-corrected chi connectivity index (χ1v) is 7.08. The summed E-state index contributed by atoms with van der Waals surface area (Å²) in [5, 5.41) is 0. The summed E-state index contributed by atoms with van der Waals surface area (Å²) in [5.74, 6) is 0.666. The fourth-order valence-corrected chi connectivity index (χ4v) is 3.08. The molecule has 94 valence electrons. The van der Waals surface area contributed by atoms with Crippen LogP contribution < -0.4 is 5.73 Å². The van der Waals surface area contributed by atoms with E-state index in [1.54, 1.807) is 0 Å². The molecule has 0 radical (unpaired) electrons. The highest BCUT2D eigenvalue weighted by Gasteiger charge is 2.25. The minimum Gasteiger partial charge on any atom is -0.328 e. The number of aryl methyl sites for hydroxylation is 1. The molecule has 0 aliphatic carbocycles. The zero-order chi connectivity index (χ0) is 12.4. The molecule has 2 nitrogen and oxygen atoms in total. The number of hydrogen-bond donors (Lipinski definition) is 1. The van der Waals surface area contributed by atoms with Gasteiger partial charge in [0.05, 0.1) is 0 Å². The highest BCUT2D eigenvalue weighted by Crippen LogP contribution is 2.24. The first-order chi connectivity index (χ1) is 8.06. The van der Waals surface area contributed by atoms with Gasteiger partial charge >= 0.3 is 0 Å². The Kier molecular flexibility index (Phi) is 4.23. The molecule has 0 amide bonds. The van der Waals surface area contributed by atoms with Crippen LogP contribution in [0.25, 0.3) is 0 Å². The molecule has 1 aliphatic heterocycles. The second-order valence-corrected chi connectivity index (χ2v) is 6.09. The van der Waals surface area contributed by atoms with E-state index in [0.29, 0.717) is 12.0 Å². The first kappa shape index (κ1) is 13.1. The Labute approximate surface area is 112 Å². The van der Waals surface area contributed by atoms with E-state index in [1.807, 2.05) is 0 Å². The Hall–Kier alpha value is -0.380. The van der Waals surface area contributed by atoms with Crippen molar-refractivity contribution in [1.82, 2.24) is 4.90 Å². The number of benzene rings is 1. The lowest BCUT2D eigenvalue weighted by atomic mass is 10.0. The molecular weight excluding hydrogens is 276 g/mol. The SMILES string of the molecule is Cc1ccc(CN2CCC(C(C)N)C2)c(Br)c1. The summed E-state index contributed by atoms with van der Waals surface area (Å²) in [6.45, 7) is 7.58. The summed E-state index contributed by atoms with van der Waals surface area (Å²) in [7, 11) is 0. The summed E-state index contributed by atoms with van der Waals surface area (Å²) in [6, 6.07) is 6.91. The molecule has 0 bridgehead atoms. The number of nitrogens with two attached hydrogens (primary N) is 1. The zero-order valence-electron chi connectivity index (χ0n) is 10.6. The second kappa shape index (κ2) is 5.51. The highest BCUT2D eigenvalue weighted by atomic mass is 79.9. The summed E-state index contributed by atoms with van der Waals surface area (Å²) >= 11 is 3.65. The normalized spacial score (nSPS) is 22.9. The van der Waals surface area contributed by atoms with Gasteiger partial charge in [-0.05, 0) is 49.9 Å². The molecular formula is C14H21BrN2. The number of nitrogens with zero attached hydrogens (tertiary/aromatic N) is 1. The quantitative estimate of drug-likeness (QED) is 0.929. The van der Waals surface area contributed by atoms with Crippen LogP contribution in [-0.4, -0.2) is 24.0 Å². The molecule has 1 aromatic rings. The van der Waals surface area contributed by atoms with E-state index in [9.17, 15) is 0 Å². The minimum absolute atomic E-state index is 0.321. The minimum atomic E-state index is 0.321. The number of hydrogen-bond acceptors (Lipinski definition) is 2. The second-order valence-electron chi connectivity index (χ2n) is 5.24. The van der Waals surface area contributed by atoms with E-state index in [-0.39, 0.29) is 0 Å². The number of rotatable bonds is 3. The van der Waals surface area contributed by atoms with Crippen LogP contribution >= 0.6 is 15.9 Å². The van der Waals surface area contributed by atoms with E-state index in [2.05, 4.69) is 52.9 Å². The highest BCUT2D eigenvalue weighted by molar-refractivity contribution is 9.10. The van der Waals surface area contributed by atoms with Gasteiger partial charge in [-0.1, -0.05) is 28.1 Å². The monoisotopic (exact) mass is 296 g/mol. The standard InChI is InChI=1S/C14H21BrN2/c1-10-3-4-13(14(15)7-10)9-17-6-5-12(8-17)11(2)16/h3-4,7,11-12H,5-6,8-9,16H2,1-2H3. The maximum atomic E-state index is 5.97. The third kappa shape index (κ3) is 3.30. The lowest BCUT2D eigenvalue weighted by molar-refractivity contribution is 0.308. The van der Waals surface area contributed by atoms with Crippen molar-refractivity contribution in [1.29, 1.82) is 0 Å². The van der Waals surface area contributed by atoms with Crippen molar-refractivity contribution in [2.45, 2.75) is 32.9 Å². The number of halogens is 1. The Morgan fingerprint density at radius 2 is 2.29 bits per heavy atom. The first-order valence-electron chi connectivity index (χ1n) is 6.29. The molecule has 2 atom stereocenters. The van der Waals surface area contributed by atoms with Crippen molar-refractivity contribution in [2.75, 3.05) is 13.1 Å². The topological polar surface area (TPSA) is 29.3 Å². The molecule has 2 rings (SSSR count). The summed E-state index contributed by atoms with van der Waals surface area (Å²) in [4.78, 5) is 2.50. The maximum Gasteiger partial charge on any atom is 0.0245 e. The van der Waals surface area contributed by atoms with Gasteiger partial charge in [0.1, 0.15) is 0 Å². The third-order valence-electron chi connectivity index (χ3n) is 3.65. The van der Waals surface area contributed by atoms with Crippen molar-refractivity contribution < 1.29 is 0 Å². The average molecular weight is 297 g/mol. The maximum absolute atomic E-state index is 5.97. The zero-order valence-corrected chi connectivity index (χ0v) is 12.2. The molecule has 0 spiro atoms. The van der Waals surface area contributed by atoms with E-state index >= 15 is 0 Å². The molecule has 3 heteroatoms. The van der Waals surface area contributed by atoms with E-state index in [0.717, 1.165) is 13.1 Å². The van der Waals surface area contributed by atoms with Crippen molar-refractivity contribution in [3.8, 4) is 0 Å². The summed E-state index contributed by atoms with van der Waals surface area (Å²) < 4.78 is 1.22. The van der Waals surface area contributed by atoms with Crippen molar-refractivity contribution in [2.24, 2.45) is 11.7 Å². The Balaban J connectivity index is 1.98. The van der Waals surface area contributed by atoms with Crippen molar-refractivity contribution in [3.63, 3.8) is 0 Å². The van der Waals surface area contributed by atoms with Gasteiger partial charge < -0.3 is 5.73 Å². The summed E-state index contributed by atoms with van der Waals surface area (Å²) in [5.41, 5.74) is 8.64. The molecule has 1 fully saturated rings. The van der Waals surface area contributed by atoms with E-state index in [4.69, 9.17) is 5.73 Å². The average Bonchev–Trinajstić information content (AvgIpc) is 2.71. The van der Waals surface area contributed by atoms with Crippen LogP contribution in [0.2, 0.25) is 0 Å². The largest absolute Gasteiger partial charge is 0.328 e. The van der Waals surface area contributed by atoms with Gasteiger partial charge in [-0.3, -0.25) is 4.90 Å². The van der Waals surface area contributed by atoms with Crippen LogP contribution in [-0.2, 0) is 6.54 Å². The van der Waals surface area contributed by atoms with Gasteiger partial charge in [0, 0.05) is 23.6 Å². The van der Waals surface area contributed by atoms with Crippen LogP contribution in [0.15, 0.2) is 22.7 Å². The lowest BCUT2D eigenvalue weighted by Crippen LogP contribution is -2.29. The molecule has 0 saturated carbocycles. The Morgan fingerprint density at radius 1 is 1.53 bits per heavy atom. The predicted molar refractivity (Wildman–Crippen MR) is 75.9 cm³/mol. The van der Waals surface area contributed by atoms with Gasteiger partial charge in [-0.2, -0.15) is 0 Å². The molecule has 1 aromatic carbocycles. The summed E-state index contributed by atoms with van der Waals surface area (Å²) in [6.07, 6.45) is 1.24. The van der Waals surface area contributed by atoms with Crippen LogP contribution in [0.5, 0.6) is 0 Å². The van der Waals surface area contributed by atoms with Gasteiger partial charge in [-0.25, -0.2) is 0 Å². The predicted octanol–water partition coefficient (Wildman–Crippen LogP) is 2.93. The molecule has 1 aliphatic rings. The lowest BCUT2D eigenvalue weighted by Gasteiger charge is -2.18. The fraction of sp³-hybridized carbons (Fsp3) is 0.571. The Bertz CT molecular complexity index is 390. The van der Waals surface area contributed by atoms with Crippen molar-refractivity contribution >= 4 is 15.9 Å². The van der Waals surface area contributed by atoms with Crippen molar-refractivity contribution in [3.05, 3.63) is 33.8 Å². The van der Waals surface area contributed by atoms with Gasteiger partial charge in [0.25, 0.3) is 0 Å². The molecule has 1 heterocycles. The number of likely N-dealkylation sites (tertiary alicyclic amines) is 1. The fourth-order valence-electron chi connectivity index (χ4n) is 2.46. The molecule has 2 N–H and O–H groups in total. The van der Waals surface area contributed by atoms with Crippen LogP contribution in [0.1, 0.15) is 24.5 Å².